The first kappa shape index (κ1) is 16.1. The molecule has 1 aromatic carbocycles. The number of fused-ring (bicyclic) bond motifs is 1. The van der Waals surface area contributed by atoms with E-state index in [0.717, 1.165) is 29.4 Å². The molecule has 0 saturated carbocycles. The van der Waals surface area contributed by atoms with Crippen molar-refractivity contribution in [2.45, 2.75) is 31.3 Å². The molecule has 0 N–H and O–H groups in total. The second kappa shape index (κ2) is 6.76. The summed E-state index contributed by atoms with van der Waals surface area (Å²) in [7, 11) is 1.94. The second-order valence-electron chi connectivity index (χ2n) is 5.83. The van der Waals surface area contributed by atoms with Gasteiger partial charge in [-0.2, -0.15) is 0 Å². The van der Waals surface area contributed by atoms with Crippen molar-refractivity contribution in [2.24, 2.45) is 0 Å². The Hall–Kier alpha value is -1.79. The lowest BCUT2D eigenvalue weighted by atomic mass is 10.2. The highest BCUT2D eigenvalue weighted by molar-refractivity contribution is 7.99. The Bertz CT molecular complexity index is 701. The van der Waals surface area contributed by atoms with Crippen LogP contribution in [-0.4, -0.2) is 41.4 Å². The van der Waals surface area contributed by atoms with Gasteiger partial charge in [-0.25, -0.2) is 0 Å². The molecule has 0 fully saturated rings. The molecule has 6 heteroatoms. The Morgan fingerprint density at radius 1 is 1.48 bits per heavy atom. The number of hydrogen-bond acceptors (Lipinski definition) is 5. The van der Waals surface area contributed by atoms with Crippen LogP contribution >= 0.6 is 11.8 Å². The first-order valence-corrected chi connectivity index (χ1v) is 8.70. The zero-order valence-corrected chi connectivity index (χ0v) is 14.5. The number of likely N-dealkylation sites (N-methyl/N-ethyl adjacent to an activating group) is 1. The van der Waals surface area contributed by atoms with Crippen LogP contribution in [0, 0.1) is 6.92 Å². The highest BCUT2D eigenvalue weighted by Crippen LogP contribution is 2.34. The summed E-state index contributed by atoms with van der Waals surface area (Å²) in [5.74, 6) is 1.84. The maximum Gasteiger partial charge on any atom is 0.244 e. The van der Waals surface area contributed by atoms with Crippen LogP contribution in [0.5, 0.6) is 0 Å². The van der Waals surface area contributed by atoms with Crippen molar-refractivity contribution in [3.63, 3.8) is 0 Å². The third kappa shape index (κ3) is 3.43. The summed E-state index contributed by atoms with van der Waals surface area (Å²) < 4.78 is 5.09. The van der Waals surface area contributed by atoms with Gasteiger partial charge in [-0.1, -0.05) is 17.3 Å². The molecule has 1 aliphatic heterocycles. The third-order valence-electron chi connectivity index (χ3n) is 4.10. The number of thioether (sulfide) groups is 1. The number of amides is 1. The van der Waals surface area contributed by atoms with E-state index < -0.39 is 0 Å². The van der Waals surface area contributed by atoms with Crippen LogP contribution in [0.4, 0.5) is 5.69 Å². The predicted octanol–water partition coefficient (Wildman–Crippen LogP) is 2.94. The molecule has 1 unspecified atom stereocenters. The van der Waals surface area contributed by atoms with Gasteiger partial charge in [0.2, 0.25) is 5.91 Å². The molecule has 1 aliphatic rings. The molecule has 5 nitrogen and oxygen atoms in total. The van der Waals surface area contributed by atoms with Crippen molar-refractivity contribution in [2.75, 3.05) is 24.2 Å². The molecule has 0 bridgehead atoms. The fourth-order valence-electron chi connectivity index (χ4n) is 2.70. The Balaban J connectivity index is 1.72. The van der Waals surface area contributed by atoms with Crippen molar-refractivity contribution >= 4 is 23.4 Å². The fourth-order valence-corrected chi connectivity index (χ4v) is 3.69. The highest BCUT2D eigenvalue weighted by atomic mass is 32.2. The number of anilines is 1. The molecule has 0 spiro atoms. The lowest BCUT2D eigenvalue weighted by Gasteiger charge is -2.33. The van der Waals surface area contributed by atoms with Gasteiger partial charge in [0.1, 0.15) is 5.76 Å². The summed E-state index contributed by atoms with van der Waals surface area (Å²) >= 11 is 1.81. The van der Waals surface area contributed by atoms with Crippen LogP contribution in [0.3, 0.4) is 0 Å². The number of carbonyl (C=O) groups is 1. The minimum atomic E-state index is -0.219. The standard InChI is InChI=1S/C17H21N3O2S/c1-12-10-14(18-22-12)11-19(3)13(2)17(21)20-8-9-23-16-7-5-4-6-15(16)20/h4-7,10,13H,8-9,11H2,1-3H3. The molecular formula is C17H21N3O2S. The number of carbonyl (C=O) groups excluding carboxylic acids is 1. The van der Waals surface area contributed by atoms with Gasteiger partial charge in [0.15, 0.2) is 0 Å². The zero-order chi connectivity index (χ0) is 16.4. The zero-order valence-electron chi connectivity index (χ0n) is 13.7. The van der Waals surface area contributed by atoms with E-state index >= 15 is 0 Å². The molecule has 0 aliphatic carbocycles. The Morgan fingerprint density at radius 2 is 2.26 bits per heavy atom. The first-order chi connectivity index (χ1) is 11.1. The SMILES string of the molecule is Cc1cc(CN(C)C(C)C(=O)N2CCSc3ccccc32)no1. The maximum absolute atomic E-state index is 12.9. The van der Waals surface area contributed by atoms with Crippen LogP contribution in [0.15, 0.2) is 39.8 Å². The van der Waals surface area contributed by atoms with E-state index in [0.29, 0.717) is 6.54 Å². The first-order valence-electron chi connectivity index (χ1n) is 7.72. The number of para-hydroxylation sites is 1. The van der Waals surface area contributed by atoms with E-state index in [2.05, 4.69) is 11.2 Å². The van der Waals surface area contributed by atoms with E-state index in [1.165, 1.54) is 4.90 Å². The molecule has 122 valence electrons. The summed E-state index contributed by atoms with van der Waals surface area (Å²) in [5.41, 5.74) is 1.87. The van der Waals surface area contributed by atoms with Crippen LogP contribution in [0.1, 0.15) is 18.4 Å². The predicted molar refractivity (Wildman–Crippen MR) is 91.7 cm³/mol. The maximum atomic E-state index is 12.9. The van der Waals surface area contributed by atoms with Gasteiger partial charge < -0.3 is 9.42 Å². The summed E-state index contributed by atoms with van der Waals surface area (Å²) in [5, 5.41) is 4.00. The largest absolute Gasteiger partial charge is 0.361 e. The van der Waals surface area contributed by atoms with Gasteiger partial charge in [-0.15, -0.1) is 11.8 Å². The Morgan fingerprint density at radius 3 is 3.00 bits per heavy atom. The molecule has 0 saturated heterocycles. The van der Waals surface area contributed by atoms with Crippen LogP contribution in [0.25, 0.3) is 0 Å². The average Bonchev–Trinajstić information content (AvgIpc) is 2.97. The highest BCUT2D eigenvalue weighted by Gasteiger charge is 2.28. The summed E-state index contributed by atoms with van der Waals surface area (Å²) in [6.07, 6.45) is 0. The van der Waals surface area contributed by atoms with Gasteiger partial charge in [0.05, 0.1) is 17.4 Å². The lowest BCUT2D eigenvalue weighted by Crippen LogP contribution is -2.47. The number of benzene rings is 1. The normalized spacial score (nSPS) is 15.6. The number of rotatable bonds is 4. The Kier molecular flexibility index (Phi) is 4.73. The van der Waals surface area contributed by atoms with E-state index in [-0.39, 0.29) is 11.9 Å². The molecule has 1 amide bonds. The van der Waals surface area contributed by atoms with Gasteiger partial charge in [-0.05, 0) is 33.0 Å². The van der Waals surface area contributed by atoms with Crippen LogP contribution in [0.2, 0.25) is 0 Å². The topological polar surface area (TPSA) is 49.6 Å². The fraction of sp³-hybridized carbons (Fsp3) is 0.412. The van der Waals surface area contributed by atoms with Crippen LogP contribution in [-0.2, 0) is 11.3 Å². The number of hydrogen-bond donors (Lipinski definition) is 0. The van der Waals surface area contributed by atoms with Crippen LogP contribution < -0.4 is 4.90 Å². The lowest BCUT2D eigenvalue weighted by molar-refractivity contribution is -0.123. The van der Waals surface area contributed by atoms with Gasteiger partial charge in [0.25, 0.3) is 0 Å². The minimum absolute atomic E-state index is 0.125. The number of aryl methyl sites for hydroxylation is 1. The second-order valence-corrected chi connectivity index (χ2v) is 6.96. The molecule has 1 atom stereocenters. The summed E-state index contributed by atoms with van der Waals surface area (Å²) in [4.78, 5) is 18.0. The molecule has 0 radical (unpaired) electrons. The van der Waals surface area contributed by atoms with E-state index in [4.69, 9.17) is 4.52 Å². The molecule has 1 aromatic heterocycles. The average molecular weight is 331 g/mol. The molecule has 3 rings (SSSR count). The van der Waals surface area contributed by atoms with Crippen molar-refractivity contribution in [1.82, 2.24) is 10.1 Å². The smallest absolute Gasteiger partial charge is 0.244 e. The molecular weight excluding hydrogens is 310 g/mol. The van der Waals surface area contributed by atoms with E-state index in [1.54, 1.807) is 11.8 Å². The summed E-state index contributed by atoms with van der Waals surface area (Å²) in [6, 6.07) is 9.78. The van der Waals surface area contributed by atoms with Gasteiger partial charge in [-0.3, -0.25) is 9.69 Å². The van der Waals surface area contributed by atoms with Crippen molar-refractivity contribution in [1.29, 1.82) is 0 Å². The third-order valence-corrected chi connectivity index (χ3v) is 5.14. The van der Waals surface area contributed by atoms with E-state index in [9.17, 15) is 4.79 Å². The Labute approximate surface area is 140 Å². The monoisotopic (exact) mass is 331 g/mol. The van der Waals surface area contributed by atoms with Crippen molar-refractivity contribution in [3.8, 4) is 0 Å². The summed E-state index contributed by atoms with van der Waals surface area (Å²) in [6.45, 7) is 5.16. The number of nitrogens with zero attached hydrogens (tertiary/aromatic N) is 3. The molecule has 2 aromatic rings. The quantitative estimate of drug-likeness (QED) is 0.862. The van der Waals surface area contributed by atoms with E-state index in [1.807, 2.05) is 55.0 Å². The molecule has 23 heavy (non-hydrogen) atoms. The minimum Gasteiger partial charge on any atom is -0.361 e. The van der Waals surface area contributed by atoms with Gasteiger partial charge in [0, 0.05) is 29.8 Å². The molecule has 2 heterocycles. The van der Waals surface area contributed by atoms with Gasteiger partial charge >= 0.3 is 0 Å². The van der Waals surface area contributed by atoms with Crippen molar-refractivity contribution < 1.29 is 9.32 Å². The number of aromatic nitrogens is 1. The van der Waals surface area contributed by atoms with Crippen molar-refractivity contribution in [3.05, 3.63) is 41.8 Å².